The lowest BCUT2D eigenvalue weighted by Crippen LogP contribution is -2.30. The molecule has 0 aromatic carbocycles. The second kappa shape index (κ2) is 6.57. The van der Waals surface area contributed by atoms with Crippen molar-refractivity contribution in [2.75, 3.05) is 23.8 Å². The van der Waals surface area contributed by atoms with E-state index in [1.54, 1.807) is 12.3 Å². The summed E-state index contributed by atoms with van der Waals surface area (Å²) in [6.45, 7) is 2.86. The standard InChI is InChI=1S/C9H16N6O/c1-2-4-11-8(16)6-13-7-3-5-12-9(14-7)15-10/h3,5H,2,4,6,10H2,1H3,(H,11,16)(H2,12,13,14,15). The molecule has 1 aromatic heterocycles. The van der Waals surface area contributed by atoms with Crippen molar-refractivity contribution in [3.8, 4) is 0 Å². The molecular weight excluding hydrogens is 208 g/mol. The predicted molar refractivity (Wildman–Crippen MR) is 61.6 cm³/mol. The lowest BCUT2D eigenvalue weighted by atomic mass is 10.4. The first-order valence-corrected chi connectivity index (χ1v) is 5.06. The zero-order chi connectivity index (χ0) is 11.8. The average molecular weight is 224 g/mol. The topological polar surface area (TPSA) is 105 Å². The maximum Gasteiger partial charge on any atom is 0.239 e. The van der Waals surface area contributed by atoms with Gasteiger partial charge in [0.25, 0.3) is 0 Å². The molecule has 0 aliphatic rings. The van der Waals surface area contributed by atoms with Gasteiger partial charge in [0.05, 0.1) is 6.54 Å². The van der Waals surface area contributed by atoms with Gasteiger partial charge in [-0.25, -0.2) is 10.8 Å². The van der Waals surface area contributed by atoms with Crippen molar-refractivity contribution in [3.05, 3.63) is 12.3 Å². The van der Waals surface area contributed by atoms with Gasteiger partial charge in [0, 0.05) is 12.7 Å². The number of carbonyl (C=O) groups excluding carboxylic acids is 1. The normalized spacial score (nSPS) is 9.62. The number of carbonyl (C=O) groups is 1. The molecule has 0 saturated carbocycles. The number of hydrogen-bond donors (Lipinski definition) is 4. The molecule has 7 heteroatoms. The van der Waals surface area contributed by atoms with Gasteiger partial charge >= 0.3 is 0 Å². The van der Waals surface area contributed by atoms with Crippen molar-refractivity contribution in [2.24, 2.45) is 5.84 Å². The summed E-state index contributed by atoms with van der Waals surface area (Å²) in [6.07, 6.45) is 2.47. The van der Waals surface area contributed by atoms with Gasteiger partial charge < -0.3 is 10.6 Å². The van der Waals surface area contributed by atoms with Crippen LogP contribution in [0.3, 0.4) is 0 Å². The molecule has 0 aliphatic carbocycles. The summed E-state index contributed by atoms with van der Waals surface area (Å²) in [4.78, 5) is 19.1. The summed E-state index contributed by atoms with van der Waals surface area (Å²) in [5.41, 5.74) is 2.33. The van der Waals surface area contributed by atoms with E-state index in [0.29, 0.717) is 18.3 Å². The van der Waals surface area contributed by atoms with Crippen molar-refractivity contribution in [3.63, 3.8) is 0 Å². The number of hydrazine groups is 1. The van der Waals surface area contributed by atoms with Crippen LogP contribution in [0.15, 0.2) is 12.3 Å². The molecule has 0 fully saturated rings. The summed E-state index contributed by atoms with van der Waals surface area (Å²) in [7, 11) is 0. The van der Waals surface area contributed by atoms with E-state index in [1.807, 2.05) is 6.92 Å². The monoisotopic (exact) mass is 224 g/mol. The Hall–Kier alpha value is -1.89. The average Bonchev–Trinajstić information content (AvgIpc) is 2.34. The Bertz CT molecular complexity index is 343. The SMILES string of the molecule is CCCNC(=O)CNc1ccnc(NN)n1. The van der Waals surface area contributed by atoms with E-state index in [2.05, 4.69) is 26.0 Å². The highest BCUT2D eigenvalue weighted by atomic mass is 16.1. The van der Waals surface area contributed by atoms with Crippen LogP contribution in [0, 0.1) is 0 Å². The maximum absolute atomic E-state index is 11.3. The van der Waals surface area contributed by atoms with Crippen LogP contribution in [-0.4, -0.2) is 29.0 Å². The Balaban J connectivity index is 2.38. The van der Waals surface area contributed by atoms with Crippen molar-refractivity contribution in [2.45, 2.75) is 13.3 Å². The highest BCUT2D eigenvalue weighted by Crippen LogP contribution is 2.03. The molecule has 1 aromatic rings. The number of rotatable bonds is 6. The first-order valence-electron chi connectivity index (χ1n) is 5.06. The Kier molecular flexibility index (Phi) is 5.00. The summed E-state index contributed by atoms with van der Waals surface area (Å²) in [6, 6.07) is 1.66. The number of nitrogen functional groups attached to an aromatic ring is 1. The Morgan fingerprint density at radius 2 is 2.38 bits per heavy atom. The van der Waals surface area contributed by atoms with E-state index >= 15 is 0 Å². The molecule has 0 bridgehead atoms. The first-order chi connectivity index (χ1) is 7.76. The van der Waals surface area contributed by atoms with E-state index in [4.69, 9.17) is 5.84 Å². The summed E-state index contributed by atoms with van der Waals surface area (Å²) in [5, 5.41) is 5.62. The Morgan fingerprint density at radius 1 is 1.56 bits per heavy atom. The molecule has 1 heterocycles. The summed E-state index contributed by atoms with van der Waals surface area (Å²) >= 11 is 0. The molecule has 1 rings (SSSR count). The molecule has 0 radical (unpaired) electrons. The third-order valence-corrected chi connectivity index (χ3v) is 1.79. The van der Waals surface area contributed by atoms with Crippen molar-refractivity contribution in [1.29, 1.82) is 0 Å². The van der Waals surface area contributed by atoms with Crippen molar-refractivity contribution >= 4 is 17.7 Å². The number of nitrogens with one attached hydrogen (secondary N) is 3. The quantitative estimate of drug-likeness (QED) is 0.390. The van der Waals surface area contributed by atoms with Gasteiger partial charge in [-0.1, -0.05) is 6.92 Å². The van der Waals surface area contributed by atoms with Crippen LogP contribution in [0.2, 0.25) is 0 Å². The molecule has 5 N–H and O–H groups in total. The lowest BCUT2D eigenvalue weighted by Gasteiger charge is -2.06. The molecule has 1 amide bonds. The third kappa shape index (κ3) is 4.09. The second-order valence-corrected chi connectivity index (χ2v) is 3.11. The number of nitrogens with zero attached hydrogens (tertiary/aromatic N) is 2. The van der Waals surface area contributed by atoms with Crippen LogP contribution in [0.1, 0.15) is 13.3 Å². The molecule has 0 unspecified atom stereocenters. The van der Waals surface area contributed by atoms with Gasteiger partial charge in [-0.05, 0) is 12.5 Å². The molecule has 0 saturated heterocycles. The fraction of sp³-hybridized carbons (Fsp3) is 0.444. The number of anilines is 2. The van der Waals surface area contributed by atoms with Gasteiger partial charge in [0.15, 0.2) is 0 Å². The molecule has 0 atom stereocenters. The van der Waals surface area contributed by atoms with Crippen LogP contribution < -0.4 is 21.9 Å². The predicted octanol–water partition coefficient (Wildman–Crippen LogP) is -0.300. The second-order valence-electron chi connectivity index (χ2n) is 3.11. The Morgan fingerprint density at radius 3 is 3.06 bits per heavy atom. The first kappa shape index (κ1) is 12.2. The van der Waals surface area contributed by atoms with E-state index in [9.17, 15) is 4.79 Å². The minimum absolute atomic E-state index is 0.0669. The van der Waals surface area contributed by atoms with Gasteiger partial charge in [-0.3, -0.25) is 10.2 Å². The van der Waals surface area contributed by atoms with Crippen molar-refractivity contribution in [1.82, 2.24) is 15.3 Å². The lowest BCUT2D eigenvalue weighted by molar-refractivity contribution is -0.119. The molecule has 0 aliphatic heterocycles. The van der Waals surface area contributed by atoms with Gasteiger partial charge in [-0.15, -0.1) is 0 Å². The number of nitrogens with two attached hydrogens (primary N) is 1. The highest BCUT2D eigenvalue weighted by Gasteiger charge is 2.01. The maximum atomic E-state index is 11.3. The molecular formula is C9H16N6O. The molecule has 88 valence electrons. The molecule has 7 nitrogen and oxygen atoms in total. The molecule has 0 spiro atoms. The zero-order valence-corrected chi connectivity index (χ0v) is 9.16. The smallest absolute Gasteiger partial charge is 0.239 e. The minimum atomic E-state index is -0.0669. The van der Waals surface area contributed by atoms with Gasteiger partial charge in [0.2, 0.25) is 11.9 Å². The van der Waals surface area contributed by atoms with E-state index < -0.39 is 0 Å². The number of amides is 1. The summed E-state index contributed by atoms with van der Waals surface area (Å²) in [5.74, 6) is 5.95. The third-order valence-electron chi connectivity index (χ3n) is 1.79. The van der Waals surface area contributed by atoms with Crippen LogP contribution in [0.4, 0.5) is 11.8 Å². The van der Waals surface area contributed by atoms with Crippen LogP contribution in [0.5, 0.6) is 0 Å². The fourth-order valence-corrected chi connectivity index (χ4v) is 1.02. The summed E-state index contributed by atoms with van der Waals surface area (Å²) < 4.78 is 0. The van der Waals surface area contributed by atoms with Gasteiger partial charge in [0.1, 0.15) is 5.82 Å². The fourth-order valence-electron chi connectivity index (χ4n) is 1.02. The van der Waals surface area contributed by atoms with E-state index in [-0.39, 0.29) is 12.5 Å². The largest absolute Gasteiger partial charge is 0.361 e. The Labute approximate surface area is 93.8 Å². The number of hydrogen-bond acceptors (Lipinski definition) is 6. The molecule has 16 heavy (non-hydrogen) atoms. The van der Waals surface area contributed by atoms with Crippen molar-refractivity contribution < 1.29 is 4.79 Å². The zero-order valence-electron chi connectivity index (χ0n) is 9.16. The number of aromatic nitrogens is 2. The van der Waals surface area contributed by atoms with Crippen LogP contribution in [0.25, 0.3) is 0 Å². The van der Waals surface area contributed by atoms with Crippen LogP contribution in [-0.2, 0) is 4.79 Å². The highest BCUT2D eigenvalue weighted by molar-refractivity contribution is 5.80. The van der Waals surface area contributed by atoms with Crippen LogP contribution >= 0.6 is 0 Å². The van der Waals surface area contributed by atoms with E-state index in [1.165, 1.54) is 0 Å². The van der Waals surface area contributed by atoms with E-state index in [0.717, 1.165) is 6.42 Å². The van der Waals surface area contributed by atoms with Gasteiger partial charge in [-0.2, -0.15) is 4.98 Å². The minimum Gasteiger partial charge on any atom is -0.361 e.